The van der Waals surface area contributed by atoms with Gasteiger partial charge < -0.3 is 5.32 Å². The molecule has 0 unspecified atom stereocenters. The normalized spacial score (nSPS) is 12.1. The maximum absolute atomic E-state index is 6.44. The Morgan fingerprint density at radius 1 is 1.21 bits per heavy atom. The van der Waals surface area contributed by atoms with Crippen molar-refractivity contribution in [2.24, 2.45) is 5.41 Å². The van der Waals surface area contributed by atoms with E-state index in [1.807, 2.05) is 6.92 Å². The molecule has 110 valence electrons. The minimum absolute atomic E-state index is 0.277. The molecule has 0 aromatic carbocycles. The lowest BCUT2D eigenvalue weighted by Crippen LogP contribution is -2.36. The first-order valence-corrected chi connectivity index (χ1v) is 7.83. The largest absolute Gasteiger partial charge is 0.316 e. The highest BCUT2D eigenvalue weighted by molar-refractivity contribution is 6.31. The number of rotatable bonds is 8. The zero-order valence-corrected chi connectivity index (χ0v) is 13.8. The van der Waals surface area contributed by atoms with Crippen molar-refractivity contribution < 1.29 is 0 Å². The number of nitrogens with zero attached hydrogens (tertiary/aromatic N) is 2. The van der Waals surface area contributed by atoms with Gasteiger partial charge in [-0.15, -0.1) is 0 Å². The van der Waals surface area contributed by atoms with E-state index in [4.69, 9.17) is 11.6 Å². The molecule has 0 aliphatic rings. The zero-order chi connectivity index (χ0) is 14.5. The molecule has 19 heavy (non-hydrogen) atoms. The number of aromatic nitrogens is 2. The summed E-state index contributed by atoms with van der Waals surface area (Å²) < 4.78 is 2.06. The Balaban J connectivity index is 3.02. The topological polar surface area (TPSA) is 29.9 Å². The zero-order valence-electron chi connectivity index (χ0n) is 13.0. The molecule has 0 aliphatic heterocycles. The van der Waals surface area contributed by atoms with Crippen molar-refractivity contribution in [1.82, 2.24) is 15.1 Å². The molecule has 0 atom stereocenters. The van der Waals surface area contributed by atoms with Gasteiger partial charge >= 0.3 is 0 Å². The fourth-order valence-corrected chi connectivity index (χ4v) is 2.80. The standard InChI is InChI=1S/C15H28ClN3/c1-6-15(7-2,11-17-8-3)10-13-14(16)12(5)18-19(13)9-4/h17H,6-11H2,1-5H3. The van der Waals surface area contributed by atoms with Gasteiger partial charge in [0.25, 0.3) is 0 Å². The van der Waals surface area contributed by atoms with E-state index in [1.54, 1.807) is 0 Å². The summed E-state index contributed by atoms with van der Waals surface area (Å²) in [7, 11) is 0. The summed E-state index contributed by atoms with van der Waals surface area (Å²) in [6, 6.07) is 0. The monoisotopic (exact) mass is 285 g/mol. The van der Waals surface area contributed by atoms with Crippen LogP contribution in [0.2, 0.25) is 5.02 Å². The van der Waals surface area contributed by atoms with E-state index in [1.165, 1.54) is 5.69 Å². The summed E-state index contributed by atoms with van der Waals surface area (Å²) in [5.41, 5.74) is 2.42. The van der Waals surface area contributed by atoms with Gasteiger partial charge in [0.15, 0.2) is 0 Å². The van der Waals surface area contributed by atoms with Crippen LogP contribution in [0.25, 0.3) is 0 Å². The third kappa shape index (κ3) is 3.73. The predicted molar refractivity (Wildman–Crippen MR) is 82.9 cm³/mol. The van der Waals surface area contributed by atoms with Crippen molar-refractivity contribution in [3.63, 3.8) is 0 Å². The van der Waals surface area contributed by atoms with Gasteiger partial charge in [0.2, 0.25) is 0 Å². The Bertz CT molecular complexity index is 394. The lowest BCUT2D eigenvalue weighted by atomic mass is 9.78. The molecule has 0 aliphatic carbocycles. The fourth-order valence-electron chi connectivity index (χ4n) is 2.60. The molecule has 0 saturated carbocycles. The lowest BCUT2D eigenvalue weighted by molar-refractivity contribution is 0.242. The predicted octanol–water partition coefficient (Wildman–Crippen LogP) is 3.82. The van der Waals surface area contributed by atoms with E-state index < -0.39 is 0 Å². The van der Waals surface area contributed by atoms with Crippen LogP contribution in [0.4, 0.5) is 0 Å². The molecule has 0 bridgehead atoms. The molecule has 1 aromatic rings. The van der Waals surface area contributed by atoms with Crippen LogP contribution in [0.1, 0.15) is 51.9 Å². The van der Waals surface area contributed by atoms with Crippen LogP contribution in [0.15, 0.2) is 0 Å². The van der Waals surface area contributed by atoms with Crippen LogP contribution in [-0.2, 0) is 13.0 Å². The number of halogens is 1. The Morgan fingerprint density at radius 2 is 1.84 bits per heavy atom. The average molecular weight is 286 g/mol. The van der Waals surface area contributed by atoms with Crippen molar-refractivity contribution >= 4 is 11.6 Å². The molecular formula is C15H28ClN3. The van der Waals surface area contributed by atoms with Gasteiger partial charge in [-0.25, -0.2) is 0 Å². The van der Waals surface area contributed by atoms with Crippen molar-refractivity contribution in [2.45, 2.75) is 60.4 Å². The van der Waals surface area contributed by atoms with Gasteiger partial charge in [0.05, 0.1) is 16.4 Å². The van der Waals surface area contributed by atoms with Crippen LogP contribution in [0.3, 0.4) is 0 Å². The van der Waals surface area contributed by atoms with E-state index in [0.29, 0.717) is 0 Å². The van der Waals surface area contributed by atoms with E-state index in [9.17, 15) is 0 Å². The smallest absolute Gasteiger partial charge is 0.0847 e. The lowest BCUT2D eigenvalue weighted by Gasteiger charge is -2.32. The molecule has 0 amide bonds. The van der Waals surface area contributed by atoms with Crippen molar-refractivity contribution in [2.75, 3.05) is 13.1 Å². The Kier molecular flexibility index (Phi) is 6.34. The van der Waals surface area contributed by atoms with Crippen LogP contribution in [-0.4, -0.2) is 22.9 Å². The van der Waals surface area contributed by atoms with Gasteiger partial charge in [0.1, 0.15) is 0 Å². The van der Waals surface area contributed by atoms with Crippen molar-refractivity contribution in [3.05, 3.63) is 16.4 Å². The van der Waals surface area contributed by atoms with Gasteiger partial charge in [-0.1, -0.05) is 32.4 Å². The first-order valence-electron chi connectivity index (χ1n) is 7.46. The third-order valence-corrected chi connectivity index (χ3v) is 4.74. The second kappa shape index (κ2) is 7.30. The van der Waals surface area contributed by atoms with Gasteiger partial charge in [0, 0.05) is 13.1 Å². The van der Waals surface area contributed by atoms with Crippen LogP contribution in [0, 0.1) is 12.3 Å². The summed E-state index contributed by atoms with van der Waals surface area (Å²) >= 11 is 6.44. The molecule has 4 heteroatoms. The number of hydrogen-bond donors (Lipinski definition) is 1. The summed E-state index contributed by atoms with van der Waals surface area (Å²) in [5, 5.41) is 8.88. The van der Waals surface area contributed by atoms with Crippen LogP contribution < -0.4 is 5.32 Å². The number of nitrogens with one attached hydrogen (secondary N) is 1. The molecule has 1 aromatic heterocycles. The van der Waals surface area contributed by atoms with Gasteiger partial charge in [-0.05, 0) is 45.1 Å². The molecule has 1 rings (SSSR count). The fraction of sp³-hybridized carbons (Fsp3) is 0.800. The minimum atomic E-state index is 0.277. The molecule has 0 saturated heterocycles. The quantitative estimate of drug-likeness (QED) is 0.787. The molecule has 0 spiro atoms. The Hall–Kier alpha value is -0.540. The highest BCUT2D eigenvalue weighted by Gasteiger charge is 2.29. The summed E-state index contributed by atoms with van der Waals surface area (Å²) in [5.74, 6) is 0. The minimum Gasteiger partial charge on any atom is -0.316 e. The highest BCUT2D eigenvalue weighted by atomic mass is 35.5. The second-order valence-electron chi connectivity index (χ2n) is 5.33. The first-order chi connectivity index (χ1) is 9.03. The molecule has 1 heterocycles. The van der Waals surface area contributed by atoms with E-state index in [-0.39, 0.29) is 5.41 Å². The highest BCUT2D eigenvalue weighted by Crippen LogP contribution is 2.34. The van der Waals surface area contributed by atoms with E-state index in [2.05, 4.69) is 42.8 Å². The molecule has 3 nitrogen and oxygen atoms in total. The van der Waals surface area contributed by atoms with Crippen LogP contribution in [0.5, 0.6) is 0 Å². The molecular weight excluding hydrogens is 258 g/mol. The summed E-state index contributed by atoms with van der Waals surface area (Å²) in [6.07, 6.45) is 3.31. The van der Waals surface area contributed by atoms with Gasteiger partial charge in [-0.3, -0.25) is 4.68 Å². The third-order valence-electron chi connectivity index (χ3n) is 4.25. The first kappa shape index (κ1) is 16.5. The maximum Gasteiger partial charge on any atom is 0.0847 e. The SMILES string of the molecule is CCNCC(CC)(CC)Cc1c(Cl)c(C)nn1CC. The molecule has 1 N–H and O–H groups in total. The van der Waals surface area contributed by atoms with Crippen LogP contribution >= 0.6 is 11.6 Å². The Labute approximate surface area is 122 Å². The summed E-state index contributed by atoms with van der Waals surface area (Å²) in [6.45, 7) is 13.7. The second-order valence-corrected chi connectivity index (χ2v) is 5.70. The average Bonchev–Trinajstić information content (AvgIpc) is 2.70. The van der Waals surface area contributed by atoms with E-state index in [0.717, 1.165) is 49.6 Å². The van der Waals surface area contributed by atoms with Crippen molar-refractivity contribution in [1.29, 1.82) is 0 Å². The molecule has 0 fully saturated rings. The van der Waals surface area contributed by atoms with E-state index >= 15 is 0 Å². The van der Waals surface area contributed by atoms with Crippen molar-refractivity contribution in [3.8, 4) is 0 Å². The Morgan fingerprint density at radius 3 is 2.32 bits per heavy atom. The molecule has 0 radical (unpaired) electrons. The summed E-state index contributed by atoms with van der Waals surface area (Å²) in [4.78, 5) is 0. The maximum atomic E-state index is 6.44. The number of hydrogen-bond acceptors (Lipinski definition) is 2. The van der Waals surface area contributed by atoms with Gasteiger partial charge in [-0.2, -0.15) is 5.10 Å². The number of aryl methyl sites for hydroxylation is 2.